The lowest BCUT2D eigenvalue weighted by Crippen LogP contribution is -2.13. The van der Waals surface area contributed by atoms with Crippen molar-refractivity contribution in [3.8, 4) is 22.1 Å². The molecule has 0 bridgehead atoms. The molecule has 32 heavy (non-hydrogen) atoms. The van der Waals surface area contributed by atoms with Crippen molar-refractivity contribution in [3.63, 3.8) is 0 Å². The van der Waals surface area contributed by atoms with Crippen molar-refractivity contribution in [2.24, 2.45) is 5.92 Å². The summed E-state index contributed by atoms with van der Waals surface area (Å²) < 4.78 is 12.9. The monoisotopic (exact) mass is 451 g/mol. The van der Waals surface area contributed by atoms with Crippen LogP contribution in [0.15, 0.2) is 42.5 Å². The molecular formula is C23H25N5O3S. The van der Waals surface area contributed by atoms with Gasteiger partial charge in [0.2, 0.25) is 4.96 Å². The van der Waals surface area contributed by atoms with Crippen LogP contribution >= 0.6 is 11.3 Å². The molecule has 0 spiro atoms. The normalized spacial score (nSPS) is 11.2. The van der Waals surface area contributed by atoms with Crippen LogP contribution in [-0.4, -0.2) is 39.4 Å². The Labute approximate surface area is 190 Å². The molecule has 8 nitrogen and oxygen atoms in total. The Morgan fingerprint density at radius 3 is 2.62 bits per heavy atom. The lowest BCUT2D eigenvalue weighted by molar-refractivity contribution is 0.102. The molecule has 0 fully saturated rings. The summed E-state index contributed by atoms with van der Waals surface area (Å²) in [6.07, 6.45) is 0.746. The van der Waals surface area contributed by atoms with Gasteiger partial charge in [0.25, 0.3) is 5.91 Å². The average molecular weight is 452 g/mol. The number of hydrogen-bond donors (Lipinski definition) is 1. The van der Waals surface area contributed by atoms with E-state index in [9.17, 15) is 4.79 Å². The summed E-state index contributed by atoms with van der Waals surface area (Å²) in [5.74, 6) is 2.32. The minimum Gasteiger partial charge on any atom is -0.495 e. The number of carbonyl (C=O) groups is 1. The number of amides is 1. The zero-order valence-electron chi connectivity index (χ0n) is 18.5. The highest BCUT2D eigenvalue weighted by molar-refractivity contribution is 7.19. The molecule has 0 unspecified atom stereocenters. The number of nitrogens with zero attached hydrogens (tertiary/aromatic N) is 4. The molecule has 4 aromatic rings. The van der Waals surface area contributed by atoms with Gasteiger partial charge in [-0.2, -0.15) is 9.61 Å². The van der Waals surface area contributed by atoms with Crippen LogP contribution in [0.4, 0.5) is 5.69 Å². The molecule has 2 aromatic heterocycles. The molecule has 0 atom stereocenters. The van der Waals surface area contributed by atoms with Crippen molar-refractivity contribution in [2.45, 2.75) is 27.2 Å². The van der Waals surface area contributed by atoms with Gasteiger partial charge in [-0.25, -0.2) is 0 Å². The van der Waals surface area contributed by atoms with E-state index in [-0.39, 0.29) is 5.91 Å². The second-order valence-electron chi connectivity index (χ2n) is 7.67. The van der Waals surface area contributed by atoms with Crippen LogP contribution in [-0.2, 0) is 6.42 Å². The Kier molecular flexibility index (Phi) is 6.36. The Morgan fingerprint density at radius 1 is 1.16 bits per heavy atom. The fraction of sp³-hybridized carbons (Fsp3) is 0.304. The largest absolute Gasteiger partial charge is 0.495 e. The highest BCUT2D eigenvalue weighted by Gasteiger charge is 2.15. The third-order valence-corrected chi connectivity index (χ3v) is 5.71. The van der Waals surface area contributed by atoms with Crippen LogP contribution in [0.25, 0.3) is 15.5 Å². The molecule has 0 saturated heterocycles. The maximum atomic E-state index is 12.8. The van der Waals surface area contributed by atoms with Crippen LogP contribution < -0.4 is 14.8 Å². The number of aryl methyl sites for hydroxylation is 1. The summed E-state index contributed by atoms with van der Waals surface area (Å²) in [5, 5.41) is 16.7. The van der Waals surface area contributed by atoms with E-state index < -0.39 is 0 Å². The predicted molar refractivity (Wildman–Crippen MR) is 125 cm³/mol. The average Bonchev–Trinajstić information content (AvgIpc) is 3.38. The molecule has 166 valence electrons. The minimum atomic E-state index is -0.234. The molecule has 0 aliphatic heterocycles. The standard InChI is InChI=1S/C23H25N5O3S/c1-5-20-25-26-23-28(20)27-22(32-23)16-8-11-19(30-4)18(12-16)24-21(29)15-6-9-17(10-7-15)31-13-14(2)3/h6-12,14H,5,13H2,1-4H3,(H,24,29). The van der Waals surface area contributed by atoms with Crippen molar-refractivity contribution in [2.75, 3.05) is 19.0 Å². The fourth-order valence-electron chi connectivity index (χ4n) is 3.09. The zero-order chi connectivity index (χ0) is 22.7. The van der Waals surface area contributed by atoms with Gasteiger partial charge in [-0.05, 0) is 48.4 Å². The highest BCUT2D eigenvalue weighted by atomic mass is 32.1. The number of ether oxygens (including phenoxy) is 2. The molecule has 4 rings (SSSR count). The first-order chi connectivity index (χ1) is 15.5. The molecule has 0 radical (unpaired) electrons. The summed E-state index contributed by atoms with van der Waals surface area (Å²) in [6, 6.07) is 12.7. The summed E-state index contributed by atoms with van der Waals surface area (Å²) in [5.41, 5.74) is 1.95. The Bertz CT molecular complexity index is 1230. The maximum Gasteiger partial charge on any atom is 0.255 e. The number of methoxy groups -OCH3 is 1. The Hall–Kier alpha value is -3.46. The molecule has 0 aliphatic rings. The number of fused-ring (bicyclic) bond motifs is 1. The van der Waals surface area contributed by atoms with E-state index in [0.717, 1.165) is 33.5 Å². The summed E-state index contributed by atoms with van der Waals surface area (Å²) >= 11 is 1.44. The van der Waals surface area contributed by atoms with E-state index in [4.69, 9.17) is 9.47 Å². The van der Waals surface area contributed by atoms with E-state index in [1.165, 1.54) is 11.3 Å². The van der Waals surface area contributed by atoms with Crippen molar-refractivity contribution >= 4 is 27.9 Å². The van der Waals surface area contributed by atoms with Crippen molar-refractivity contribution in [1.82, 2.24) is 19.8 Å². The smallest absolute Gasteiger partial charge is 0.255 e. The van der Waals surface area contributed by atoms with Crippen molar-refractivity contribution in [3.05, 3.63) is 53.9 Å². The number of rotatable bonds is 8. The van der Waals surface area contributed by atoms with E-state index >= 15 is 0 Å². The van der Waals surface area contributed by atoms with E-state index in [0.29, 0.717) is 29.5 Å². The van der Waals surface area contributed by atoms with Crippen molar-refractivity contribution < 1.29 is 14.3 Å². The zero-order valence-corrected chi connectivity index (χ0v) is 19.3. The Balaban J connectivity index is 1.56. The third kappa shape index (κ3) is 4.57. The first-order valence-electron chi connectivity index (χ1n) is 10.4. The van der Waals surface area contributed by atoms with Gasteiger partial charge in [-0.15, -0.1) is 10.2 Å². The first kappa shape index (κ1) is 21.8. The van der Waals surface area contributed by atoms with Crippen LogP contribution in [0.2, 0.25) is 0 Å². The summed E-state index contributed by atoms with van der Waals surface area (Å²) in [4.78, 5) is 13.6. The van der Waals surface area contributed by atoms with Crippen LogP contribution in [0.3, 0.4) is 0 Å². The lowest BCUT2D eigenvalue weighted by atomic mass is 10.1. The van der Waals surface area contributed by atoms with Gasteiger partial charge in [-0.3, -0.25) is 4.79 Å². The van der Waals surface area contributed by atoms with E-state index in [1.807, 2.05) is 25.1 Å². The molecule has 0 aliphatic carbocycles. The van der Waals surface area contributed by atoms with Crippen molar-refractivity contribution in [1.29, 1.82) is 0 Å². The highest BCUT2D eigenvalue weighted by Crippen LogP contribution is 2.33. The van der Waals surface area contributed by atoms with Gasteiger partial charge in [-0.1, -0.05) is 32.1 Å². The van der Waals surface area contributed by atoms with Gasteiger partial charge in [0.05, 0.1) is 19.4 Å². The topological polar surface area (TPSA) is 90.6 Å². The number of nitrogens with one attached hydrogen (secondary N) is 1. The molecular weight excluding hydrogens is 426 g/mol. The van der Waals surface area contributed by atoms with Crippen LogP contribution in [0, 0.1) is 5.92 Å². The van der Waals surface area contributed by atoms with Gasteiger partial charge < -0.3 is 14.8 Å². The number of benzene rings is 2. The summed E-state index contributed by atoms with van der Waals surface area (Å²) in [6.45, 7) is 6.82. The van der Waals surface area contributed by atoms with Gasteiger partial charge >= 0.3 is 0 Å². The second-order valence-corrected chi connectivity index (χ2v) is 8.63. The number of anilines is 1. The first-order valence-corrected chi connectivity index (χ1v) is 11.2. The molecule has 9 heteroatoms. The number of aromatic nitrogens is 4. The van der Waals surface area contributed by atoms with Gasteiger partial charge in [0, 0.05) is 17.5 Å². The van der Waals surface area contributed by atoms with Gasteiger partial charge in [0.15, 0.2) is 5.82 Å². The fourth-order valence-corrected chi connectivity index (χ4v) is 3.95. The number of hydrogen-bond acceptors (Lipinski definition) is 7. The molecule has 0 saturated carbocycles. The predicted octanol–water partition coefficient (Wildman–Crippen LogP) is 4.71. The maximum absolute atomic E-state index is 12.8. The summed E-state index contributed by atoms with van der Waals surface area (Å²) in [7, 11) is 1.57. The molecule has 1 N–H and O–H groups in total. The van der Waals surface area contributed by atoms with Gasteiger partial charge in [0.1, 0.15) is 16.5 Å². The molecule has 2 aromatic carbocycles. The minimum absolute atomic E-state index is 0.234. The quantitative estimate of drug-likeness (QED) is 0.417. The molecule has 1 amide bonds. The van der Waals surface area contributed by atoms with Crippen LogP contribution in [0.1, 0.15) is 37.0 Å². The third-order valence-electron chi connectivity index (χ3n) is 4.77. The lowest BCUT2D eigenvalue weighted by Gasteiger charge is -2.12. The SMILES string of the molecule is CCc1nnc2sc(-c3ccc(OC)c(NC(=O)c4ccc(OCC(C)C)cc4)c3)nn12. The van der Waals surface area contributed by atoms with E-state index in [2.05, 4.69) is 34.5 Å². The number of carbonyl (C=O) groups excluding carboxylic acids is 1. The Morgan fingerprint density at radius 2 is 1.94 bits per heavy atom. The second kappa shape index (κ2) is 9.35. The van der Waals surface area contributed by atoms with Crippen LogP contribution in [0.5, 0.6) is 11.5 Å². The van der Waals surface area contributed by atoms with E-state index in [1.54, 1.807) is 35.9 Å². The molecule has 2 heterocycles.